The van der Waals surface area contributed by atoms with E-state index < -0.39 is 13.5 Å². The fourth-order valence-electron chi connectivity index (χ4n) is 4.35. The van der Waals surface area contributed by atoms with Gasteiger partial charge in [0.05, 0.1) is 25.5 Å². The van der Waals surface area contributed by atoms with Gasteiger partial charge < -0.3 is 24.2 Å². The van der Waals surface area contributed by atoms with Crippen molar-refractivity contribution in [2.45, 2.75) is 39.6 Å². The average molecular weight is 531 g/mol. The van der Waals surface area contributed by atoms with Crippen LogP contribution in [0.3, 0.4) is 0 Å². The lowest BCUT2D eigenvalue weighted by Crippen LogP contribution is -2.21. The number of aliphatic hydroxyl groups excluding tert-OH is 1. The molecule has 3 aromatic carbocycles. The van der Waals surface area contributed by atoms with E-state index in [2.05, 4.69) is 20.8 Å². The Morgan fingerprint density at radius 2 is 1.70 bits per heavy atom. The van der Waals surface area contributed by atoms with Crippen molar-refractivity contribution in [3.63, 3.8) is 0 Å². The Morgan fingerprint density at radius 1 is 0.973 bits per heavy atom. The largest absolute Gasteiger partial charge is 0.497 e. The molecule has 0 saturated carbocycles. The van der Waals surface area contributed by atoms with Gasteiger partial charge in [0.2, 0.25) is 7.37 Å². The van der Waals surface area contributed by atoms with Crippen LogP contribution in [-0.4, -0.2) is 37.0 Å². The molecule has 0 aliphatic carbocycles. The lowest BCUT2D eigenvalue weighted by Gasteiger charge is -2.32. The molecule has 200 valence electrons. The summed E-state index contributed by atoms with van der Waals surface area (Å²) < 4.78 is 43.8. The monoisotopic (exact) mass is 530 g/mol. The average Bonchev–Trinajstić information content (AvgIpc) is 2.82. The highest BCUT2D eigenvalue weighted by Gasteiger charge is 2.29. The Bertz CT molecular complexity index is 1260. The first-order valence-corrected chi connectivity index (χ1v) is 14.3. The number of methoxy groups -OCH3 is 2. The molecule has 0 amide bonds. The first-order chi connectivity index (χ1) is 17.3. The zero-order chi connectivity index (χ0) is 27.4. The molecule has 0 radical (unpaired) electrons. The van der Waals surface area contributed by atoms with Gasteiger partial charge in [-0.15, -0.1) is 0 Å². The standard InChI is InChI=1S/C29H36FO6P/c1-29(2,3)28(35-5)25-14-19(10-12-23(25)24-16-21(34-4)11-13-26(24)30)17-36-22-9-7-8-20(15-22)27(31)18-37(6,32)33/h7-16,27-28,31H,17-18H2,1-6H3,(H,32,33)/t27-,28-/m1/s1. The number of rotatable bonds is 10. The summed E-state index contributed by atoms with van der Waals surface area (Å²) in [6.07, 6.45) is -1.62. The van der Waals surface area contributed by atoms with Crippen LogP contribution in [0.1, 0.15) is 49.7 Å². The normalized spacial score (nSPS) is 15.1. The highest BCUT2D eigenvalue weighted by molar-refractivity contribution is 7.57. The summed E-state index contributed by atoms with van der Waals surface area (Å²) in [4.78, 5) is 9.59. The first-order valence-electron chi connectivity index (χ1n) is 12.0. The minimum Gasteiger partial charge on any atom is -0.497 e. The van der Waals surface area contributed by atoms with E-state index >= 15 is 0 Å². The van der Waals surface area contributed by atoms with Crippen LogP contribution < -0.4 is 9.47 Å². The Morgan fingerprint density at radius 3 is 2.32 bits per heavy atom. The van der Waals surface area contributed by atoms with E-state index in [0.717, 1.165) is 11.1 Å². The molecule has 0 aliphatic rings. The van der Waals surface area contributed by atoms with Gasteiger partial charge >= 0.3 is 0 Å². The molecule has 0 heterocycles. The van der Waals surface area contributed by atoms with E-state index in [4.69, 9.17) is 14.2 Å². The Hall–Kier alpha value is -2.70. The zero-order valence-corrected chi connectivity index (χ0v) is 23.1. The predicted octanol–water partition coefficient (Wildman–Crippen LogP) is 6.75. The van der Waals surface area contributed by atoms with Crippen molar-refractivity contribution in [2.24, 2.45) is 5.41 Å². The minimum atomic E-state index is -3.37. The van der Waals surface area contributed by atoms with Gasteiger partial charge in [-0.25, -0.2) is 4.39 Å². The van der Waals surface area contributed by atoms with Crippen LogP contribution in [0.15, 0.2) is 60.7 Å². The Balaban J connectivity index is 1.94. The number of hydrogen-bond donors (Lipinski definition) is 2. The van der Waals surface area contributed by atoms with Gasteiger partial charge in [-0.1, -0.05) is 45.0 Å². The molecule has 3 aromatic rings. The fraction of sp³-hybridized carbons (Fsp3) is 0.379. The highest BCUT2D eigenvalue weighted by Crippen LogP contribution is 2.42. The van der Waals surface area contributed by atoms with E-state index in [9.17, 15) is 19.0 Å². The molecule has 0 spiro atoms. The lowest BCUT2D eigenvalue weighted by molar-refractivity contribution is 0.0155. The second kappa shape index (κ2) is 11.8. The van der Waals surface area contributed by atoms with E-state index in [0.29, 0.717) is 28.2 Å². The minimum absolute atomic E-state index is 0.222. The summed E-state index contributed by atoms with van der Waals surface area (Å²) in [5.74, 6) is 0.718. The number of halogens is 1. The van der Waals surface area contributed by atoms with Crippen LogP contribution in [0, 0.1) is 11.2 Å². The topological polar surface area (TPSA) is 85.2 Å². The van der Waals surface area contributed by atoms with Gasteiger partial charge in [-0.3, -0.25) is 4.57 Å². The molecule has 0 aliphatic heterocycles. The van der Waals surface area contributed by atoms with Crippen LogP contribution in [-0.2, 0) is 15.9 Å². The summed E-state index contributed by atoms with van der Waals surface area (Å²) >= 11 is 0. The lowest BCUT2D eigenvalue weighted by atomic mass is 9.81. The summed E-state index contributed by atoms with van der Waals surface area (Å²) in [6.45, 7) is 7.64. The fourth-order valence-corrected chi connectivity index (χ4v) is 5.21. The SMILES string of the molecule is COc1ccc(F)c(-c2ccc(COc3cccc([C@H](O)CP(C)(=O)O)c3)cc2[C@@H](OC)C(C)(C)C)c1. The van der Waals surface area contributed by atoms with E-state index in [1.807, 2.05) is 18.2 Å². The van der Waals surface area contributed by atoms with Gasteiger partial charge in [0.25, 0.3) is 0 Å². The maximum absolute atomic E-state index is 14.9. The molecular weight excluding hydrogens is 494 g/mol. The van der Waals surface area contributed by atoms with Crippen LogP contribution in [0.2, 0.25) is 0 Å². The van der Waals surface area contributed by atoms with Crippen molar-refractivity contribution in [2.75, 3.05) is 27.0 Å². The molecule has 0 saturated heterocycles. The number of aliphatic hydroxyl groups is 1. The van der Waals surface area contributed by atoms with Gasteiger partial charge in [-0.05, 0) is 64.1 Å². The second-order valence-electron chi connectivity index (χ2n) is 10.4. The molecule has 8 heteroatoms. The molecule has 2 N–H and O–H groups in total. The molecule has 3 rings (SSSR count). The highest BCUT2D eigenvalue weighted by atomic mass is 31.2. The van der Waals surface area contributed by atoms with Crippen molar-refractivity contribution in [3.8, 4) is 22.6 Å². The predicted molar refractivity (Wildman–Crippen MR) is 144 cm³/mol. The van der Waals surface area contributed by atoms with Crippen molar-refractivity contribution in [1.29, 1.82) is 0 Å². The van der Waals surface area contributed by atoms with Crippen molar-refractivity contribution < 1.29 is 33.2 Å². The third kappa shape index (κ3) is 7.65. The smallest absolute Gasteiger partial charge is 0.200 e. The molecular formula is C29H36FO6P. The van der Waals surface area contributed by atoms with E-state index in [1.165, 1.54) is 12.7 Å². The van der Waals surface area contributed by atoms with Crippen LogP contribution in [0.5, 0.6) is 11.5 Å². The second-order valence-corrected chi connectivity index (χ2v) is 12.8. The summed E-state index contributed by atoms with van der Waals surface area (Å²) in [7, 11) is -0.186. The molecule has 0 bridgehead atoms. The molecule has 3 atom stereocenters. The molecule has 1 unspecified atom stereocenters. The van der Waals surface area contributed by atoms with E-state index in [1.54, 1.807) is 50.6 Å². The maximum Gasteiger partial charge on any atom is 0.200 e. The van der Waals surface area contributed by atoms with Gasteiger partial charge in [0, 0.05) is 19.3 Å². The third-order valence-corrected chi connectivity index (χ3v) is 7.07. The first kappa shape index (κ1) is 28.9. The quantitative estimate of drug-likeness (QED) is 0.282. The zero-order valence-electron chi connectivity index (χ0n) is 22.2. The number of hydrogen-bond acceptors (Lipinski definition) is 5. The van der Waals surface area contributed by atoms with Gasteiger partial charge in [0.1, 0.15) is 23.9 Å². The molecule has 0 fully saturated rings. The summed E-state index contributed by atoms with van der Waals surface area (Å²) in [5, 5.41) is 10.3. The van der Waals surface area contributed by atoms with Crippen molar-refractivity contribution in [1.82, 2.24) is 0 Å². The van der Waals surface area contributed by atoms with Crippen LogP contribution >= 0.6 is 7.37 Å². The van der Waals surface area contributed by atoms with Crippen LogP contribution in [0.25, 0.3) is 11.1 Å². The number of benzene rings is 3. The third-order valence-electron chi connectivity index (χ3n) is 6.04. The Labute approximate surface area is 218 Å². The van der Waals surface area contributed by atoms with Crippen molar-refractivity contribution >= 4 is 7.37 Å². The molecule has 6 nitrogen and oxygen atoms in total. The molecule has 0 aromatic heterocycles. The maximum atomic E-state index is 14.9. The summed E-state index contributed by atoms with van der Waals surface area (Å²) in [6, 6.07) is 17.2. The Kier molecular flexibility index (Phi) is 9.19. The van der Waals surface area contributed by atoms with Gasteiger partial charge in [-0.2, -0.15) is 0 Å². The summed E-state index contributed by atoms with van der Waals surface area (Å²) in [5.41, 5.74) is 3.05. The van der Waals surface area contributed by atoms with Crippen LogP contribution in [0.4, 0.5) is 4.39 Å². The van der Waals surface area contributed by atoms with Crippen molar-refractivity contribution in [3.05, 3.63) is 83.2 Å². The molecule has 37 heavy (non-hydrogen) atoms. The number of ether oxygens (including phenoxy) is 3. The van der Waals surface area contributed by atoms with E-state index in [-0.39, 0.29) is 30.1 Å². The van der Waals surface area contributed by atoms with Gasteiger partial charge in [0.15, 0.2) is 0 Å².